The van der Waals surface area contributed by atoms with Crippen LogP contribution in [0.25, 0.3) is 0 Å². The summed E-state index contributed by atoms with van der Waals surface area (Å²) in [7, 11) is 3.47. The molecule has 30 heavy (non-hydrogen) atoms. The number of likely N-dealkylation sites (tertiary alicyclic amines) is 1. The molecule has 0 radical (unpaired) electrons. The normalized spacial score (nSPS) is 15.2. The van der Waals surface area contributed by atoms with E-state index in [0.29, 0.717) is 25.1 Å². The van der Waals surface area contributed by atoms with Crippen LogP contribution < -0.4 is 0 Å². The van der Waals surface area contributed by atoms with E-state index in [0.717, 1.165) is 37.2 Å². The lowest BCUT2D eigenvalue weighted by atomic mass is 10.0. The number of benzene rings is 1. The van der Waals surface area contributed by atoms with Gasteiger partial charge in [0.15, 0.2) is 5.78 Å². The number of amides is 1. The molecule has 2 aromatic rings. The van der Waals surface area contributed by atoms with Crippen LogP contribution in [0.2, 0.25) is 0 Å². The summed E-state index contributed by atoms with van der Waals surface area (Å²) in [5.41, 5.74) is 2.24. The number of ether oxygens (including phenoxy) is 1. The second-order valence-electron chi connectivity index (χ2n) is 7.71. The Kier molecular flexibility index (Phi) is 7.65. The molecule has 1 fully saturated rings. The smallest absolute Gasteiger partial charge is 0.227 e. The molecular weight excluding hydrogens is 385 g/mol. The van der Waals surface area contributed by atoms with E-state index in [9.17, 15) is 14.0 Å². The van der Waals surface area contributed by atoms with Gasteiger partial charge in [-0.05, 0) is 48.7 Å². The number of carbonyl (C=O) groups is 2. The van der Waals surface area contributed by atoms with Gasteiger partial charge in [0.25, 0.3) is 0 Å². The van der Waals surface area contributed by atoms with Crippen molar-refractivity contribution in [3.05, 3.63) is 65.2 Å². The molecule has 1 aromatic carbocycles. The van der Waals surface area contributed by atoms with E-state index in [1.165, 1.54) is 24.3 Å². The molecule has 3 rings (SSSR count). The lowest BCUT2D eigenvalue weighted by molar-refractivity contribution is -0.132. The summed E-state index contributed by atoms with van der Waals surface area (Å²) in [6.45, 7) is 2.27. The molecule has 1 aliphatic heterocycles. The fourth-order valence-corrected chi connectivity index (χ4v) is 3.69. The van der Waals surface area contributed by atoms with Crippen LogP contribution in [-0.4, -0.2) is 66.3 Å². The van der Waals surface area contributed by atoms with Gasteiger partial charge in [-0.1, -0.05) is 6.07 Å². The number of piperidine rings is 1. The van der Waals surface area contributed by atoms with E-state index in [2.05, 4.69) is 9.88 Å². The third-order valence-electron chi connectivity index (χ3n) is 5.57. The average Bonchev–Trinajstić information content (AvgIpc) is 2.75. The van der Waals surface area contributed by atoms with Gasteiger partial charge >= 0.3 is 0 Å². The molecule has 1 amide bonds. The van der Waals surface area contributed by atoms with Crippen LogP contribution in [0.3, 0.4) is 0 Å². The first kappa shape index (κ1) is 22.1. The number of likely N-dealkylation sites (N-methyl/N-ethyl adjacent to an activating group) is 1. The minimum absolute atomic E-state index is 0.0118. The number of methoxy groups -OCH3 is 1. The lowest BCUT2D eigenvalue weighted by Gasteiger charge is -2.36. The first-order valence-electron chi connectivity index (χ1n) is 10.2. The van der Waals surface area contributed by atoms with Gasteiger partial charge in [0.05, 0.1) is 25.3 Å². The molecule has 6 nitrogen and oxygen atoms in total. The quantitative estimate of drug-likeness (QED) is 0.623. The number of hydrogen-bond acceptors (Lipinski definition) is 5. The van der Waals surface area contributed by atoms with Crippen LogP contribution in [-0.2, 0) is 22.6 Å². The van der Waals surface area contributed by atoms with Gasteiger partial charge in [-0.15, -0.1) is 0 Å². The standard InChI is InChI=1S/C23H28FN3O3/c1-26(23(29)13-17-3-8-20(16-30-2)25-14-17)21-9-11-27(12-10-21)15-22(28)18-4-6-19(24)7-5-18/h3-8,14,21H,9-13,15-16H2,1-2H3. The second-order valence-corrected chi connectivity index (χ2v) is 7.71. The summed E-state index contributed by atoms with van der Waals surface area (Å²) in [6.07, 6.45) is 3.69. The number of carbonyl (C=O) groups excluding carboxylic acids is 2. The fourth-order valence-electron chi connectivity index (χ4n) is 3.69. The van der Waals surface area contributed by atoms with E-state index in [1.807, 2.05) is 24.1 Å². The SMILES string of the molecule is COCc1ccc(CC(=O)N(C)C2CCN(CC(=O)c3ccc(F)cc3)CC2)cn1. The van der Waals surface area contributed by atoms with Crippen molar-refractivity contribution in [3.63, 3.8) is 0 Å². The second kappa shape index (κ2) is 10.4. The van der Waals surface area contributed by atoms with Crippen molar-refractivity contribution < 1.29 is 18.7 Å². The van der Waals surface area contributed by atoms with E-state index in [4.69, 9.17) is 4.74 Å². The molecule has 1 aromatic heterocycles. The zero-order chi connectivity index (χ0) is 21.5. The summed E-state index contributed by atoms with van der Waals surface area (Å²) in [5, 5.41) is 0. The Morgan fingerprint density at radius 3 is 2.47 bits per heavy atom. The Hall–Kier alpha value is -2.64. The van der Waals surface area contributed by atoms with E-state index >= 15 is 0 Å². The van der Waals surface area contributed by atoms with Crippen LogP contribution >= 0.6 is 0 Å². The number of aromatic nitrogens is 1. The summed E-state index contributed by atoms with van der Waals surface area (Å²) >= 11 is 0. The van der Waals surface area contributed by atoms with Crippen LogP contribution in [0, 0.1) is 5.82 Å². The summed E-state index contributed by atoms with van der Waals surface area (Å²) in [5.74, 6) is -0.291. The topological polar surface area (TPSA) is 62.7 Å². The highest BCUT2D eigenvalue weighted by Gasteiger charge is 2.26. The number of nitrogens with zero attached hydrogens (tertiary/aromatic N) is 3. The number of hydrogen-bond donors (Lipinski definition) is 0. The van der Waals surface area contributed by atoms with Gasteiger partial charge < -0.3 is 9.64 Å². The van der Waals surface area contributed by atoms with Crippen molar-refractivity contribution in [1.29, 1.82) is 0 Å². The first-order chi connectivity index (χ1) is 14.5. The van der Waals surface area contributed by atoms with Crippen LogP contribution in [0.15, 0.2) is 42.6 Å². The highest BCUT2D eigenvalue weighted by atomic mass is 19.1. The molecule has 2 heterocycles. The maximum atomic E-state index is 13.0. The maximum absolute atomic E-state index is 13.0. The summed E-state index contributed by atoms with van der Waals surface area (Å²) < 4.78 is 18.1. The predicted octanol–water partition coefficient (Wildman–Crippen LogP) is 2.72. The zero-order valence-electron chi connectivity index (χ0n) is 17.5. The number of rotatable bonds is 8. The molecule has 0 spiro atoms. The van der Waals surface area contributed by atoms with Gasteiger partial charge in [-0.25, -0.2) is 4.39 Å². The van der Waals surface area contributed by atoms with Gasteiger partial charge in [-0.2, -0.15) is 0 Å². The number of ketones is 1. The monoisotopic (exact) mass is 413 g/mol. The molecule has 0 atom stereocenters. The third kappa shape index (κ3) is 5.93. The molecule has 1 saturated heterocycles. The molecule has 0 saturated carbocycles. The van der Waals surface area contributed by atoms with Gasteiger partial charge in [0, 0.05) is 45.0 Å². The maximum Gasteiger partial charge on any atom is 0.227 e. The molecule has 1 aliphatic rings. The largest absolute Gasteiger partial charge is 0.378 e. The highest BCUT2D eigenvalue weighted by molar-refractivity contribution is 5.97. The van der Waals surface area contributed by atoms with Crippen molar-refractivity contribution in [1.82, 2.24) is 14.8 Å². The van der Waals surface area contributed by atoms with Crippen LogP contribution in [0.4, 0.5) is 4.39 Å². The first-order valence-corrected chi connectivity index (χ1v) is 10.2. The number of Topliss-reactive ketones (excluding diaryl/α,β-unsaturated/α-hetero) is 1. The van der Waals surface area contributed by atoms with Crippen LogP contribution in [0.1, 0.15) is 34.5 Å². The van der Waals surface area contributed by atoms with Crippen molar-refractivity contribution in [2.24, 2.45) is 0 Å². The average molecular weight is 413 g/mol. The Bertz CT molecular complexity index is 847. The predicted molar refractivity (Wildman–Crippen MR) is 112 cm³/mol. The van der Waals surface area contributed by atoms with E-state index < -0.39 is 0 Å². The van der Waals surface area contributed by atoms with E-state index in [-0.39, 0.29) is 23.5 Å². The van der Waals surface area contributed by atoms with Crippen molar-refractivity contribution in [3.8, 4) is 0 Å². The Labute approximate surface area is 176 Å². The molecule has 0 aliphatic carbocycles. The number of pyridine rings is 1. The minimum Gasteiger partial charge on any atom is -0.378 e. The van der Waals surface area contributed by atoms with E-state index in [1.54, 1.807) is 13.3 Å². The summed E-state index contributed by atoms with van der Waals surface area (Å²) in [4.78, 5) is 33.3. The highest BCUT2D eigenvalue weighted by Crippen LogP contribution is 2.17. The van der Waals surface area contributed by atoms with Crippen molar-refractivity contribution >= 4 is 11.7 Å². The molecule has 160 valence electrons. The van der Waals surface area contributed by atoms with Crippen LogP contribution in [0.5, 0.6) is 0 Å². The van der Waals surface area contributed by atoms with Gasteiger partial charge in [-0.3, -0.25) is 19.5 Å². The Balaban J connectivity index is 1.46. The summed E-state index contributed by atoms with van der Waals surface area (Å²) in [6, 6.07) is 9.61. The molecular formula is C23H28FN3O3. The Morgan fingerprint density at radius 2 is 1.87 bits per heavy atom. The fraction of sp³-hybridized carbons (Fsp3) is 0.435. The van der Waals surface area contributed by atoms with Crippen molar-refractivity contribution in [2.45, 2.75) is 31.9 Å². The molecule has 0 unspecified atom stereocenters. The lowest BCUT2D eigenvalue weighted by Crippen LogP contribution is -2.47. The third-order valence-corrected chi connectivity index (χ3v) is 5.57. The molecule has 7 heteroatoms. The van der Waals surface area contributed by atoms with Crippen molar-refractivity contribution in [2.75, 3.05) is 33.8 Å². The Morgan fingerprint density at radius 1 is 1.17 bits per heavy atom. The number of halogens is 1. The molecule has 0 N–H and O–H groups in total. The molecule has 0 bridgehead atoms. The minimum atomic E-state index is -0.346. The van der Waals surface area contributed by atoms with Gasteiger partial charge in [0.1, 0.15) is 5.82 Å². The zero-order valence-corrected chi connectivity index (χ0v) is 17.5. The van der Waals surface area contributed by atoms with Gasteiger partial charge in [0.2, 0.25) is 5.91 Å².